The minimum atomic E-state index is -0.306. The van der Waals surface area contributed by atoms with Gasteiger partial charge in [-0.15, -0.1) is 0 Å². The number of carbonyl (C=O) groups excluding carboxylic acids is 1. The van der Waals surface area contributed by atoms with Crippen LogP contribution in [0.1, 0.15) is 19.4 Å². The van der Waals surface area contributed by atoms with Crippen LogP contribution in [0.2, 0.25) is 0 Å². The lowest BCUT2D eigenvalue weighted by atomic mass is 10.1. The van der Waals surface area contributed by atoms with E-state index in [0.29, 0.717) is 31.5 Å². The van der Waals surface area contributed by atoms with Crippen LogP contribution in [-0.2, 0) is 11.2 Å². The molecule has 0 saturated heterocycles. The number of nitrogens with one attached hydrogen (secondary N) is 2. The van der Waals surface area contributed by atoms with Gasteiger partial charge in [0.05, 0.1) is 6.42 Å². The maximum Gasteiger partial charge on any atom is 0.224 e. The van der Waals surface area contributed by atoms with Crippen molar-refractivity contribution in [2.45, 2.75) is 20.3 Å². The summed E-state index contributed by atoms with van der Waals surface area (Å²) in [6.07, 6.45) is 0.233. The molecule has 0 fully saturated rings. The molecule has 0 unspecified atom stereocenters. The van der Waals surface area contributed by atoms with Gasteiger partial charge in [-0.1, -0.05) is 26.0 Å². The number of amides is 1. The van der Waals surface area contributed by atoms with Gasteiger partial charge >= 0.3 is 0 Å². The van der Waals surface area contributed by atoms with Crippen LogP contribution in [0, 0.1) is 11.7 Å². The number of hydrogen-bond donors (Lipinski definition) is 3. The van der Waals surface area contributed by atoms with E-state index in [0.717, 1.165) is 5.56 Å². The molecule has 0 aromatic heterocycles. The Morgan fingerprint density at radius 2 is 1.86 bits per heavy atom. The average molecular weight is 294 g/mol. The van der Waals surface area contributed by atoms with E-state index in [9.17, 15) is 9.18 Å². The Labute approximate surface area is 124 Å². The second-order valence-electron chi connectivity index (χ2n) is 5.20. The fourth-order valence-electron chi connectivity index (χ4n) is 1.58. The molecule has 116 valence electrons. The van der Waals surface area contributed by atoms with Crippen molar-refractivity contribution >= 4 is 11.9 Å². The van der Waals surface area contributed by atoms with Crippen LogP contribution in [0.3, 0.4) is 0 Å². The van der Waals surface area contributed by atoms with Crippen molar-refractivity contribution in [1.29, 1.82) is 0 Å². The molecule has 0 aliphatic heterocycles. The number of guanidine groups is 1. The summed E-state index contributed by atoms with van der Waals surface area (Å²) in [6, 6.07) is 5.89. The van der Waals surface area contributed by atoms with Gasteiger partial charge in [-0.3, -0.25) is 9.79 Å². The standard InChI is InChI=1S/C15H23FN4O/c1-11(2)10-20-15(17)19-8-7-18-14(21)9-12-3-5-13(16)6-4-12/h3-6,11H,7-10H2,1-2H3,(H,18,21)(H3,17,19,20). The molecule has 0 bridgehead atoms. The molecule has 0 spiro atoms. The number of halogens is 1. The molecule has 0 atom stereocenters. The van der Waals surface area contributed by atoms with Gasteiger partial charge in [-0.05, 0) is 23.6 Å². The van der Waals surface area contributed by atoms with E-state index < -0.39 is 0 Å². The van der Waals surface area contributed by atoms with Crippen molar-refractivity contribution in [3.05, 3.63) is 35.6 Å². The fraction of sp³-hybridized carbons (Fsp3) is 0.467. The molecular weight excluding hydrogens is 271 g/mol. The van der Waals surface area contributed by atoms with Crippen molar-refractivity contribution in [2.75, 3.05) is 19.6 Å². The Morgan fingerprint density at radius 3 is 2.48 bits per heavy atom. The first kappa shape index (κ1) is 16.9. The van der Waals surface area contributed by atoms with Gasteiger partial charge in [-0.2, -0.15) is 0 Å². The number of carbonyl (C=O) groups is 1. The van der Waals surface area contributed by atoms with Gasteiger partial charge in [0.25, 0.3) is 0 Å². The van der Waals surface area contributed by atoms with E-state index in [1.165, 1.54) is 12.1 Å². The van der Waals surface area contributed by atoms with Gasteiger partial charge in [0.1, 0.15) is 5.82 Å². The molecule has 0 aliphatic carbocycles. The first-order valence-electron chi connectivity index (χ1n) is 7.02. The molecule has 4 N–H and O–H groups in total. The van der Waals surface area contributed by atoms with Crippen molar-refractivity contribution in [2.24, 2.45) is 16.6 Å². The average Bonchev–Trinajstić information content (AvgIpc) is 2.44. The number of rotatable bonds is 7. The highest BCUT2D eigenvalue weighted by molar-refractivity contribution is 5.79. The summed E-state index contributed by atoms with van der Waals surface area (Å²) in [5.74, 6) is 0.429. The van der Waals surface area contributed by atoms with Gasteiger partial charge in [0, 0.05) is 19.6 Å². The Kier molecular flexibility index (Phi) is 7.21. The lowest BCUT2D eigenvalue weighted by Crippen LogP contribution is -2.39. The Bertz CT molecular complexity index is 471. The normalized spacial score (nSPS) is 11.5. The zero-order valence-electron chi connectivity index (χ0n) is 12.5. The van der Waals surface area contributed by atoms with Crippen LogP contribution in [0.15, 0.2) is 29.3 Å². The van der Waals surface area contributed by atoms with Gasteiger partial charge in [0.2, 0.25) is 5.91 Å². The van der Waals surface area contributed by atoms with E-state index in [-0.39, 0.29) is 18.1 Å². The van der Waals surface area contributed by atoms with E-state index in [2.05, 4.69) is 29.5 Å². The maximum absolute atomic E-state index is 12.7. The molecule has 21 heavy (non-hydrogen) atoms. The van der Waals surface area contributed by atoms with Crippen molar-refractivity contribution in [1.82, 2.24) is 10.6 Å². The summed E-state index contributed by atoms with van der Waals surface area (Å²) in [5, 5.41) is 5.69. The highest BCUT2D eigenvalue weighted by Crippen LogP contribution is 2.03. The Balaban J connectivity index is 2.19. The molecule has 1 amide bonds. The minimum absolute atomic E-state index is 0.110. The highest BCUT2D eigenvalue weighted by atomic mass is 19.1. The Morgan fingerprint density at radius 1 is 1.24 bits per heavy atom. The molecule has 6 heteroatoms. The van der Waals surface area contributed by atoms with E-state index in [4.69, 9.17) is 5.73 Å². The second-order valence-corrected chi connectivity index (χ2v) is 5.20. The van der Waals surface area contributed by atoms with Crippen LogP contribution in [0.5, 0.6) is 0 Å². The SMILES string of the molecule is CC(C)CN=C(N)NCCNC(=O)Cc1ccc(F)cc1. The number of aliphatic imine (C=N–C) groups is 1. The summed E-state index contributed by atoms with van der Waals surface area (Å²) in [5.41, 5.74) is 6.44. The third kappa shape index (κ3) is 7.91. The topological polar surface area (TPSA) is 79.5 Å². The van der Waals surface area contributed by atoms with Crippen LogP contribution < -0.4 is 16.4 Å². The summed E-state index contributed by atoms with van der Waals surface area (Å²) < 4.78 is 12.7. The van der Waals surface area contributed by atoms with E-state index in [1.807, 2.05) is 0 Å². The smallest absolute Gasteiger partial charge is 0.224 e. The third-order valence-electron chi connectivity index (χ3n) is 2.66. The molecule has 1 rings (SSSR count). The molecule has 0 heterocycles. The maximum atomic E-state index is 12.7. The first-order chi connectivity index (χ1) is 9.97. The first-order valence-corrected chi connectivity index (χ1v) is 7.02. The lowest BCUT2D eigenvalue weighted by Gasteiger charge is -2.08. The largest absolute Gasteiger partial charge is 0.370 e. The summed E-state index contributed by atoms with van der Waals surface area (Å²) in [7, 11) is 0. The van der Waals surface area contributed by atoms with Gasteiger partial charge < -0.3 is 16.4 Å². The number of nitrogens with zero attached hydrogens (tertiary/aromatic N) is 1. The summed E-state index contributed by atoms with van der Waals surface area (Å²) in [4.78, 5) is 15.8. The fourth-order valence-corrected chi connectivity index (χ4v) is 1.58. The summed E-state index contributed by atoms with van der Waals surface area (Å²) in [6.45, 7) is 5.77. The predicted molar refractivity (Wildman–Crippen MR) is 82.4 cm³/mol. The quantitative estimate of drug-likeness (QED) is 0.399. The number of benzene rings is 1. The van der Waals surface area contributed by atoms with Crippen molar-refractivity contribution in [3.8, 4) is 0 Å². The third-order valence-corrected chi connectivity index (χ3v) is 2.66. The predicted octanol–water partition coefficient (Wildman–Crippen LogP) is 1.04. The zero-order chi connectivity index (χ0) is 15.7. The van der Waals surface area contributed by atoms with E-state index in [1.54, 1.807) is 12.1 Å². The molecule has 5 nitrogen and oxygen atoms in total. The van der Waals surface area contributed by atoms with Crippen molar-refractivity contribution in [3.63, 3.8) is 0 Å². The van der Waals surface area contributed by atoms with Gasteiger partial charge in [-0.25, -0.2) is 4.39 Å². The van der Waals surface area contributed by atoms with E-state index >= 15 is 0 Å². The lowest BCUT2D eigenvalue weighted by molar-refractivity contribution is -0.120. The number of hydrogen-bond acceptors (Lipinski definition) is 2. The zero-order valence-corrected chi connectivity index (χ0v) is 12.5. The molecule has 0 radical (unpaired) electrons. The molecule has 1 aromatic carbocycles. The van der Waals surface area contributed by atoms with Gasteiger partial charge in [0.15, 0.2) is 5.96 Å². The van der Waals surface area contributed by atoms with Crippen LogP contribution in [-0.4, -0.2) is 31.5 Å². The molecule has 0 saturated carbocycles. The number of nitrogens with two attached hydrogens (primary N) is 1. The van der Waals surface area contributed by atoms with Crippen molar-refractivity contribution < 1.29 is 9.18 Å². The van der Waals surface area contributed by atoms with Crippen LogP contribution in [0.25, 0.3) is 0 Å². The monoisotopic (exact) mass is 294 g/mol. The second kappa shape index (κ2) is 8.94. The highest BCUT2D eigenvalue weighted by Gasteiger charge is 2.03. The minimum Gasteiger partial charge on any atom is -0.370 e. The molecule has 0 aliphatic rings. The molecular formula is C15H23FN4O. The van der Waals surface area contributed by atoms with Crippen LogP contribution >= 0.6 is 0 Å². The van der Waals surface area contributed by atoms with Crippen LogP contribution in [0.4, 0.5) is 4.39 Å². The molecule has 1 aromatic rings. The summed E-state index contributed by atoms with van der Waals surface area (Å²) >= 11 is 0. The Hall–Kier alpha value is -2.11.